The fraction of sp³-hybridized carbons (Fsp3) is 0.500. The molecule has 1 aliphatic rings. The van der Waals surface area contributed by atoms with Crippen LogP contribution in [0, 0.1) is 5.92 Å². The maximum atomic E-state index is 13.2. The van der Waals surface area contributed by atoms with Gasteiger partial charge in [0.2, 0.25) is 5.91 Å². The van der Waals surface area contributed by atoms with E-state index in [1.807, 2.05) is 6.07 Å². The van der Waals surface area contributed by atoms with Gasteiger partial charge in [-0.05, 0) is 58.2 Å². The molecule has 0 spiro atoms. The van der Waals surface area contributed by atoms with E-state index in [0.717, 1.165) is 5.56 Å². The number of hydrogen-bond donors (Lipinski definition) is 0. The maximum Gasteiger partial charge on any atom is 0.429 e. The SMILES string of the molecule is C=C(C)[C@H](Cc1ccc(Cl)cc1Cl)C(=O)N1CCCN1C(=O)OC(C)(C)C. The average Bonchev–Trinajstić information content (AvgIpc) is 3.01. The van der Waals surface area contributed by atoms with Crippen LogP contribution in [0.25, 0.3) is 0 Å². The van der Waals surface area contributed by atoms with Crippen LogP contribution in [0.1, 0.15) is 39.7 Å². The zero-order valence-corrected chi connectivity index (χ0v) is 17.7. The molecule has 0 aromatic heterocycles. The number of amides is 2. The van der Waals surface area contributed by atoms with E-state index in [0.29, 0.717) is 41.5 Å². The normalized spacial score (nSPS) is 15.6. The molecule has 0 unspecified atom stereocenters. The Bertz CT molecular complexity index is 743. The third-order valence-corrected chi connectivity index (χ3v) is 4.81. The standard InChI is InChI=1S/C20H26Cl2N2O3/c1-13(2)16(11-14-7-8-15(21)12-17(14)22)18(25)23-9-6-10-24(23)19(26)27-20(3,4)5/h7-8,12,16H,1,6,9-11H2,2-5H3/t16-/m0/s1. The summed E-state index contributed by atoms with van der Waals surface area (Å²) in [6.07, 6.45) is 0.580. The van der Waals surface area contributed by atoms with Crippen LogP contribution < -0.4 is 0 Å². The van der Waals surface area contributed by atoms with Crippen molar-refractivity contribution in [3.05, 3.63) is 46.0 Å². The number of hydrogen-bond acceptors (Lipinski definition) is 3. The Morgan fingerprint density at radius 1 is 1.22 bits per heavy atom. The molecule has 1 aliphatic heterocycles. The van der Waals surface area contributed by atoms with Gasteiger partial charge in [0.25, 0.3) is 0 Å². The van der Waals surface area contributed by atoms with Crippen LogP contribution >= 0.6 is 23.2 Å². The van der Waals surface area contributed by atoms with Crippen molar-refractivity contribution in [3.8, 4) is 0 Å². The van der Waals surface area contributed by atoms with Gasteiger partial charge in [-0.15, -0.1) is 0 Å². The number of benzene rings is 1. The van der Waals surface area contributed by atoms with Crippen LogP contribution in [-0.2, 0) is 16.0 Å². The van der Waals surface area contributed by atoms with Crippen LogP contribution in [0.4, 0.5) is 4.79 Å². The molecule has 0 N–H and O–H groups in total. The highest BCUT2D eigenvalue weighted by molar-refractivity contribution is 6.35. The van der Waals surface area contributed by atoms with Crippen LogP contribution in [-0.4, -0.2) is 40.7 Å². The highest BCUT2D eigenvalue weighted by Crippen LogP contribution is 2.28. The Labute approximate surface area is 170 Å². The fourth-order valence-electron chi connectivity index (χ4n) is 2.90. The first kappa shape index (κ1) is 21.6. The minimum absolute atomic E-state index is 0.183. The van der Waals surface area contributed by atoms with Crippen LogP contribution in [0.2, 0.25) is 10.0 Å². The van der Waals surface area contributed by atoms with Crippen LogP contribution in [0.15, 0.2) is 30.4 Å². The summed E-state index contributed by atoms with van der Waals surface area (Å²) >= 11 is 12.2. The van der Waals surface area contributed by atoms with Crippen molar-refractivity contribution < 1.29 is 14.3 Å². The van der Waals surface area contributed by atoms with E-state index in [2.05, 4.69) is 6.58 Å². The molecule has 5 nitrogen and oxygen atoms in total. The first-order chi connectivity index (χ1) is 12.5. The lowest BCUT2D eigenvalue weighted by molar-refractivity contribution is -0.146. The third kappa shape index (κ3) is 5.63. The number of carbonyl (C=O) groups excluding carboxylic acids is 2. The van der Waals surface area contributed by atoms with Gasteiger partial charge in [-0.3, -0.25) is 4.79 Å². The molecule has 2 rings (SSSR count). The van der Waals surface area contributed by atoms with Crippen molar-refractivity contribution in [2.75, 3.05) is 13.1 Å². The summed E-state index contributed by atoms with van der Waals surface area (Å²) in [5.74, 6) is -0.677. The van der Waals surface area contributed by atoms with Gasteiger partial charge in [0.05, 0.1) is 5.92 Å². The quantitative estimate of drug-likeness (QED) is 0.645. The largest absolute Gasteiger partial charge is 0.442 e. The van der Waals surface area contributed by atoms with E-state index >= 15 is 0 Å². The molecule has 1 fully saturated rings. The molecule has 0 aliphatic carbocycles. The summed E-state index contributed by atoms with van der Waals surface area (Å²) in [5, 5.41) is 3.90. The first-order valence-electron chi connectivity index (χ1n) is 8.90. The summed E-state index contributed by atoms with van der Waals surface area (Å²) in [4.78, 5) is 25.7. The van der Waals surface area contributed by atoms with E-state index in [1.165, 1.54) is 10.0 Å². The molecule has 1 atom stereocenters. The zero-order chi connectivity index (χ0) is 20.4. The number of nitrogens with zero attached hydrogens (tertiary/aromatic N) is 2. The van der Waals surface area contributed by atoms with E-state index in [1.54, 1.807) is 39.8 Å². The second-order valence-electron chi connectivity index (χ2n) is 7.76. The zero-order valence-electron chi connectivity index (χ0n) is 16.2. The second kappa shape index (κ2) is 8.53. The molecule has 27 heavy (non-hydrogen) atoms. The molecular formula is C20H26Cl2N2O3. The fourth-order valence-corrected chi connectivity index (χ4v) is 3.39. The van der Waals surface area contributed by atoms with Crippen molar-refractivity contribution >= 4 is 35.2 Å². The lowest BCUT2D eigenvalue weighted by atomic mass is 9.92. The number of ether oxygens (including phenoxy) is 1. The Hall–Kier alpha value is -1.72. The van der Waals surface area contributed by atoms with Gasteiger partial charge >= 0.3 is 6.09 Å². The number of rotatable bonds is 4. The topological polar surface area (TPSA) is 49.9 Å². The number of carbonyl (C=O) groups is 2. The Morgan fingerprint density at radius 3 is 2.41 bits per heavy atom. The van der Waals surface area contributed by atoms with Crippen LogP contribution in [0.5, 0.6) is 0 Å². The molecule has 1 aromatic carbocycles. The van der Waals surface area contributed by atoms with Gasteiger partial charge in [0.15, 0.2) is 0 Å². The molecule has 0 saturated carbocycles. The lowest BCUT2D eigenvalue weighted by Gasteiger charge is -2.32. The van der Waals surface area contributed by atoms with Gasteiger partial charge in [-0.25, -0.2) is 14.8 Å². The Morgan fingerprint density at radius 2 is 1.85 bits per heavy atom. The van der Waals surface area contributed by atoms with Crippen molar-refractivity contribution in [2.24, 2.45) is 5.92 Å². The molecule has 2 amide bonds. The second-order valence-corrected chi connectivity index (χ2v) is 8.60. The first-order valence-corrected chi connectivity index (χ1v) is 9.66. The number of hydrazine groups is 1. The molecule has 0 radical (unpaired) electrons. The predicted octanol–water partition coefficient (Wildman–Crippen LogP) is 5.11. The van der Waals surface area contributed by atoms with Crippen LogP contribution in [0.3, 0.4) is 0 Å². The monoisotopic (exact) mass is 412 g/mol. The molecule has 1 aromatic rings. The summed E-state index contributed by atoms with van der Waals surface area (Å²) in [6.45, 7) is 12.1. The highest BCUT2D eigenvalue weighted by atomic mass is 35.5. The minimum atomic E-state index is -0.626. The van der Waals surface area contributed by atoms with E-state index in [-0.39, 0.29) is 5.91 Å². The smallest absolute Gasteiger partial charge is 0.429 e. The van der Waals surface area contributed by atoms with Crippen molar-refractivity contribution in [3.63, 3.8) is 0 Å². The molecular weight excluding hydrogens is 387 g/mol. The predicted molar refractivity (Wildman–Crippen MR) is 108 cm³/mol. The van der Waals surface area contributed by atoms with Gasteiger partial charge in [0, 0.05) is 23.1 Å². The Balaban J connectivity index is 2.20. The van der Waals surface area contributed by atoms with E-state index in [4.69, 9.17) is 27.9 Å². The van der Waals surface area contributed by atoms with E-state index in [9.17, 15) is 9.59 Å². The molecule has 1 heterocycles. The summed E-state index contributed by atoms with van der Waals surface area (Å²) in [7, 11) is 0. The summed E-state index contributed by atoms with van der Waals surface area (Å²) in [5.41, 5.74) is 0.895. The summed E-state index contributed by atoms with van der Waals surface area (Å²) in [6, 6.07) is 5.20. The summed E-state index contributed by atoms with van der Waals surface area (Å²) < 4.78 is 5.43. The van der Waals surface area contributed by atoms with Gasteiger partial charge in [0.1, 0.15) is 5.60 Å². The molecule has 0 bridgehead atoms. The van der Waals surface area contributed by atoms with Crippen molar-refractivity contribution in [2.45, 2.75) is 46.1 Å². The number of halogens is 2. The van der Waals surface area contributed by atoms with Gasteiger partial charge < -0.3 is 4.74 Å². The highest BCUT2D eigenvalue weighted by Gasteiger charge is 2.37. The molecule has 148 valence electrons. The van der Waals surface area contributed by atoms with E-state index < -0.39 is 17.6 Å². The third-order valence-electron chi connectivity index (χ3n) is 4.22. The van der Waals surface area contributed by atoms with Crippen molar-refractivity contribution in [1.29, 1.82) is 0 Å². The van der Waals surface area contributed by atoms with Gasteiger partial charge in [-0.1, -0.05) is 41.4 Å². The van der Waals surface area contributed by atoms with Crippen molar-refractivity contribution in [1.82, 2.24) is 10.0 Å². The minimum Gasteiger partial charge on any atom is -0.442 e. The molecule has 1 saturated heterocycles. The average molecular weight is 413 g/mol. The molecule has 7 heteroatoms. The van der Waals surface area contributed by atoms with Gasteiger partial charge in [-0.2, -0.15) is 0 Å². The lowest BCUT2D eigenvalue weighted by Crippen LogP contribution is -2.49. The maximum absolute atomic E-state index is 13.2. The Kier molecular flexibility index (Phi) is 6.82.